The molecule has 2 rings (SSSR count). The van der Waals surface area contributed by atoms with Crippen molar-refractivity contribution in [3.05, 3.63) is 17.5 Å². The molecule has 1 heterocycles. The minimum atomic E-state index is -0.293. The van der Waals surface area contributed by atoms with Gasteiger partial charge >= 0.3 is 5.97 Å². The maximum Gasteiger partial charge on any atom is 0.341 e. The number of nitrogens with one attached hydrogen (secondary N) is 1. The summed E-state index contributed by atoms with van der Waals surface area (Å²) in [4.78, 5) is 11.8. The molecule has 0 saturated heterocycles. The number of hydrogen-bond acceptors (Lipinski definition) is 5. The van der Waals surface area contributed by atoms with Crippen LogP contribution in [0.4, 0.5) is 0 Å². The summed E-state index contributed by atoms with van der Waals surface area (Å²) in [6.07, 6.45) is 6.29. The maximum atomic E-state index is 11.8. The zero-order chi connectivity index (χ0) is 13.9. The zero-order valence-electron chi connectivity index (χ0n) is 11.7. The lowest BCUT2D eigenvalue weighted by molar-refractivity contribution is 0.0524. The van der Waals surface area contributed by atoms with Gasteiger partial charge in [0.05, 0.1) is 18.5 Å². The van der Waals surface area contributed by atoms with E-state index in [0.29, 0.717) is 23.5 Å². The third kappa shape index (κ3) is 3.30. The van der Waals surface area contributed by atoms with Crippen molar-refractivity contribution in [1.29, 1.82) is 0 Å². The topological polar surface area (TPSA) is 56.1 Å². The first-order chi connectivity index (χ1) is 9.12. The van der Waals surface area contributed by atoms with Crippen molar-refractivity contribution in [2.45, 2.75) is 31.1 Å². The monoisotopic (exact) mass is 283 g/mol. The molecule has 1 aromatic heterocycles. The Morgan fingerprint density at radius 1 is 1.63 bits per heavy atom. The van der Waals surface area contributed by atoms with Crippen LogP contribution < -0.4 is 5.32 Å². The van der Waals surface area contributed by atoms with Gasteiger partial charge in [0.1, 0.15) is 5.56 Å². The van der Waals surface area contributed by atoms with Gasteiger partial charge in [0, 0.05) is 24.9 Å². The zero-order valence-corrected chi connectivity index (χ0v) is 12.5. The summed E-state index contributed by atoms with van der Waals surface area (Å²) in [6.45, 7) is 3.81. The number of rotatable bonds is 7. The summed E-state index contributed by atoms with van der Waals surface area (Å²) in [5.41, 5.74) is 1.45. The summed E-state index contributed by atoms with van der Waals surface area (Å²) in [6, 6.07) is 0. The molecule has 1 aliphatic rings. The highest BCUT2D eigenvalue weighted by atomic mass is 32.2. The normalized spacial score (nSPS) is 16.4. The molecule has 106 valence electrons. The van der Waals surface area contributed by atoms with Gasteiger partial charge in [-0.1, -0.05) is 0 Å². The molecule has 1 saturated carbocycles. The van der Waals surface area contributed by atoms with Crippen molar-refractivity contribution >= 4 is 17.7 Å². The van der Waals surface area contributed by atoms with Crippen LogP contribution >= 0.6 is 11.8 Å². The Labute approximate surface area is 118 Å². The Bertz CT molecular complexity index is 455. The second-order valence-corrected chi connectivity index (χ2v) is 6.11. The fourth-order valence-corrected chi connectivity index (χ4v) is 2.81. The third-order valence-corrected chi connectivity index (χ3v) is 4.96. The van der Waals surface area contributed by atoms with Crippen molar-refractivity contribution in [2.75, 3.05) is 19.4 Å². The van der Waals surface area contributed by atoms with Crippen molar-refractivity contribution in [3.8, 4) is 0 Å². The van der Waals surface area contributed by atoms with E-state index in [1.807, 2.05) is 25.7 Å². The van der Waals surface area contributed by atoms with Gasteiger partial charge in [-0.3, -0.25) is 4.68 Å². The highest BCUT2D eigenvalue weighted by Gasteiger charge is 2.41. The number of aromatic nitrogens is 2. The average Bonchev–Trinajstić information content (AvgIpc) is 3.09. The first kappa shape index (κ1) is 14.4. The van der Waals surface area contributed by atoms with E-state index in [-0.39, 0.29) is 5.97 Å². The molecule has 0 bridgehead atoms. The van der Waals surface area contributed by atoms with Crippen LogP contribution in [0.1, 0.15) is 35.8 Å². The minimum absolute atomic E-state index is 0.293. The van der Waals surface area contributed by atoms with E-state index >= 15 is 0 Å². The summed E-state index contributed by atoms with van der Waals surface area (Å²) in [5, 5.41) is 7.57. The lowest BCUT2D eigenvalue weighted by Gasteiger charge is -2.13. The summed E-state index contributed by atoms with van der Waals surface area (Å²) >= 11 is 1.92. The van der Waals surface area contributed by atoms with E-state index in [0.717, 1.165) is 12.2 Å². The first-order valence-corrected chi connectivity index (χ1v) is 7.78. The van der Waals surface area contributed by atoms with Gasteiger partial charge in [-0.05, 0) is 26.0 Å². The van der Waals surface area contributed by atoms with Crippen molar-refractivity contribution in [1.82, 2.24) is 15.1 Å². The highest BCUT2D eigenvalue weighted by Crippen LogP contribution is 2.46. The smallest absolute Gasteiger partial charge is 0.341 e. The Morgan fingerprint density at radius 2 is 2.37 bits per heavy atom. The van der Waals surface area contributed by atoms with Gasteiger partial charge < -0.3 is 10.1 Å². The molecule has 0 spiro atoms. The predicted octanol–water partition coefficient (Wildman–Crippen LogP) is 1.58. The second kappa shape index (κ2) is 5.96. The second-order valence-electron chi connectivity index (χ2n) is 4.84. The van der Waals surface area contributed by atoms with Gasteiger partial charge in [-0.15, -0.1) is 0 Å². The van der Waals surface area contributed by atoms with E-state index in [9.17, 15) is 4.79 Å². The van der Waals surface area contributed by atoms with Crippen LogP contribution in [0.25, 0.3) is 0 Å². The SMILES string of the molecule is CCOC(=O)c1cnn(C)c1CNCC1(SC)CC1. The van der Waals surface area contributed by atoms with Crippen LogP contribution in [0.5, 0.6) is 0 Å². The molecule has 0 amide bonds. The molecular formula is C13H21N3O2S. The van der Waals surface area contributed by atoms with E-state index in [1.54, 1.807) is 10.9 Å². The summed E-state index contributed by atoms with van der Waals surface area (Å²) < 4.78 is 7.19. The number of thioether (sulfide) groups is 1. The van der Waals surface area contributed by atoms with E-state index in [4.69, 9.17) is 4.74 Å². The van der Waals surface area contributed by atoms with Crippen LogP contribution in [0.3, 0.4) is 0 Å². The molecule has 1 fully saturated rings. The molecule has 6 heteroatoms. The lowest BCUT2D eigenvalue weighted by atomic mass is 10.2. The molecule has 1 N–H and O–H groups in total. The largest absolute Gasteiger partial charge is 0.462 e. The van der Waals surface area contributed by atoms with Gasteiger partial charge in [0.25, 0.3) is 0 Å². The summed E-state index contributed by atoms with van der Waals surface area (Å²) in [5.74, 6) is -0.293. The number of ether oxygens (including phenoxy) is 1. The fourth-order valence-electron chi connectivity index (χ4n) is 2.05. The van der Waals surface area contributed by atoms with Gasteiger partial charge in [0.15, 0.2) is 0 Å². The predicted molar refractivity (Wildman–Crippen MR) is 76.4 cm³/mol. The van der Waals surface area contributed by atoms with Gasteiger partial charge in [-0.2, -0.15) is 16.9 Å². The van der Waals surface area contributed by atoms with Crippen molar-refractivity contribution in [3.63, 3.8) is 0 Å². The quantitative estimate of drug-likeness (QED) is 0.770. The Kier molecular flexibility index (Phi) is 4.52. The number of carbonyl (C=O) groups excluding carboxylic acids is 1. The average molecular weight is 283 g/mol. The van der Waals surface area contributed by atoms with Crippen LogP contribution in [-0.4, -0.2) is 39.9 Å². The first-order valence-electron chi connectivity index (χ1n) is 6.56. The minimum Gasteiger partial charge on any atom is -0.462 e. The van der Waals surface area contributed by atoms with Gasteiger partial charge in [-0.25, -0.2) is 4.79 Å². The van der Waals surface area contributed by atoms with Crippen molar-refractivity contribution in [2.24, 2.45) is 7.05 Å². The number of hydrogen-bond donors (Lipinski definition) is 1. The van der Waals surface area contributed by atoms with E-state index in [2.05, 4.69) is 16.7 Å². The molecule has 1 aliphatic carbocycles. The van der Waals surface area contributed by atoms with Crippen molar-refractivity contribution < 1.29 is 9.53 Å². The summed E-state index contributed by atoms with van der Waals surface area (Å²) in [7, 11) is 1.85. The lowest BCUT2D eigenvalue weighted by Crippen LogP contribution is -2.27. The molecule has 19 heavy (non-hydrogen) atoms. The van der Waals surface area contributed by atoms with Crippen LogP contribution in [0.15, 0.2) is 6.20 Å². The third-order valence-electron chi connectivity index (χ3n) is 3.54. The Balaban J connectivity index is 1.95. The Hall–Kier alpha value is -1.01. The molecule has 0 aromatic carbocycles. The molecular weight excluding hydrogens is 262 g/mol. The molecule has 1 aromatic rings. The molecule has 0 atom stereocenters. The molecule has 0 aliphatic heterocycles. The highest BCUT2D eigenvalue weighted by molar-refractivity contribution is 8.00. The number of esters is 1. The Morgan fingerprint density at radius 3 is 2.95 bits per heavy atom. The fraction of sp³-hybridized carbons (Fsp3) is 0.692. The standard InChI is InChI=1S/C13H21N3O2S/c1-4-18-12(17)10-7-15-16(2)11(10)8-14-9-13(19-3)5-6-13/h7,14H,4-6,8-9H2,1-3H3. The van der Waals surface area contributed by atoms with E-state index < -0.39 is 0 Å². The number of aryl methyl sites for hydroxylation is 1. The molecule has 0 radical (unpaired) electrons. The number of nitrogens with zero attached hydrogens (tertiary/aromatic N) is 2. The van der Waals surface area contributed by atoms with Crippen LogP contribution in [0.2, 0.25) is 0 Å². The maximum absolute atomic E-state index is 11.8. The molecule has 0 unspecified atom stereocenters. The van der Waals surface area contributed by atoms with Crippen LogP contribution in [0, 0.1) is 0 Å². The van der Waals surface area contributed by atoms with E-state index in [1.165, 1.54) is 12.8 Å². The molecule has 5 nitrogen and oxygen atoms in total. The van der Waals surface area contributed by atoms with Crippen LogP contribution in [-0.2, 0) is 18.3 Å². The van der Waals surface area contributed by atoms with Gasteiger partial charge in [0.2, 0.25) is 0 Å². The number of carbonyl (C=O) groups is 1.